The van der Waals surface area contributed by atoms with Crippen molar-refractivity contribution in [2.75, 3.05) is 13.7 Å². The molecule has 3 aromatic heterocycles. The van der Waals surface area contributed by atoms with E-state index in [1.165, 1.54) is 6.07 Å². The summed E-state index contributed by atoms with van der Waals surface area (Å²) in [5.74, 6) is 1.23. The third-order valence-electron chi connectivity index (χ3n) is 5.02. The Hall–Kier alpha value is -3.11. The number of aromatic nitrogens is 6. The molecule has 0 radical (unpaired) electrons. The van der Waals surface area contributed by atoms with Crippen LogP contribution >= 0.6 is 15.9 Å². The zero-order valence-electron chi connectivity index (χ0n) is 16.8. The zero-order valence-corrected chi connectivity index (χ0v) is 18.4. The molecular weight excluding hydrogens is 467 g/mol. The van der Waals surface area contributed by atoms with Crippen LogP contribution in [0, 0.1) is 12.7 Å². The van der Waals surface area contributed by atoms with Crippen molar-refractivity contribution in [3.8, 4) is 23.1 Å². The molecule has 1 aromatic carbocycles. The van der Waals surface area contributed by atoms with Gasteiger partial charge in [-0.15, -0.1) is 5.10 Å². The van der Waals surface area contributed by atoms with Crippen LogP contribution in [0.15, 0.2) is 47.3 Å². The lowest BCUT2D eigenvalue weighted by Gasteiger charge is -2.23. The van der Waals surface area contributed by atoms with E-state index in [2.05, 4.69) is 31.0 Å². The number of nitrogens with zero attached hydrogens (tertiary/aromatic N) is 6. The first-order valence-electron chi connectivity index (χ1n) is 9.61. The number of ether oxygens (including phenoxy) is 2. The van der Waals surface area contributed by atoms with Crippen LogP contribution < -0.4 is 4.74 Å². The number of hydrogen-bond acceptors (Lipinski definition) is 6. The maximum atomic E-state index is 13.7. The SMILES string of the molecule is COc1nc(-c2nc3n(n2)CCO[C@H]3c2ccc(F)c(Br)c2)ccc1-n1cnc(C)c1. The minimum atomic E-state index is -0.443. The Morgan fingerprint density at radius 2 is 2.10 bits per heavy atom. The Bertz CT molecular complexity index is 1270. The van der Waals surface area contributed by atoms with Crippen LogP contribution in [0.4, 0.5) is 4.39 Å². The van der Waals surface area contributed by atoms with Crippen molar-refractivity contribution in [2.24, 2.45) is 0 Å². The average Bonchev–Trinajstić information content (AvgIpc) is 3.41. The summed E-state index contributed by atoms with van der Waals surface area (Å²) >= 11 is 3.23. The van der Waals surface area contributed by atoms with Crippen molar-refractivity contribution in [3.63, 3.8) is 0 Å². The number of pyridine rings is 1. The standard InChI is InChI=1S/C21H18BrFN6O2/c1-12-10-28(11-24-12)17-6-5-16(25-21(17)30-2)19-26-20-18(31-8-7-29(20)27-19)13-3-4-15(23)14(22)9-13/h3-6,9-11,18H,7-8H2,1-2H3/t18-/m0/s1. The lowest BCUT2D eigenvalue weighted by Crippen LogP contribution is -2.23. The number of benzene rings is 1. The molecule has 0 bridgehead atoms. The summed E-state index contributed by atoms with van der Waals surface area (Å²) in [7, 11) is 1.57. The highest BCUT2D eigenvalue weighted by Crippen LogP contribution is 2.32. The van der Waals surface area contributed by atoms with Gasteiger partial charge >= 0.3 is 0 Å². The maximum absolute atomic E-state index is 13.7. The second kappa shape index (κ2) is 7.86. The zero-order chi connectivity index (χ0) is 21.5. The third-order valence-corrected chi connectivity index (χ3v) is 5.63. The fourth-order valence-corrected chi connectivity index (χ4v) is 3.93. The maximum Gasteiger partial charge on any atom is 0.238 e. The fraction of sp³-hybridized carbons (Fsp3) is 0.238. The first-order chi connectivity index (χ1) is 15.0. The van der Waals surface area contributed by atoms with Gasteiger partial charge in [0.1, 0.15) is 23.3 Å². The van der Waals surface area contributed by atoms with E-state index in [9.17, 15) is 4.39 Å². The van der Waals surface area contributed by atoms with E-state index >= 15 is 0 Å². The molecule has 31 heavy (non-hydrogen) atoms. The van der Waals surface area contributed by atoms with Crippen LogP contribution in [0.3, 0.4) is 0 Å². The van der Waals surface area contributed by atoms with Gasteiger partial charge in [0.2, 0.25) is 5.88 Å². The van der Waals surface area contributed by atoms with Crippen molar-refractivity contribution in [3.05, 3.63) is 70.2 Å². The summed E-state index contributed by atoms with van der Waals surface area (Å²) in [5, 5.41) is 4.62. The van der Waals surface area contributed by atoms with E-state index in [0.717, 1.165) is 16.9 Å². The molecule has 4 aromatic rings. The Kier molecular flexibility index (Phi) is 5.03. The molecule has 10 heteroatoms. The fourth-order valence-electron chi connectivity index (χ4n) is 3.53. The Labute approximate surface area is 185 Å². The first kappa shape index (κ1) is 19.8. The topological polar surface area (TPSA) is 79.9 Å². The summed E-state index contributed by atoms with van der Waals surface area (Å²) in [4.78, 5) is 13.6. The average molecular weight is 485 g/mol. The normalized spacial score (nSPS) is 15.7. The van der Waals surface area contributed by atoms with Crippen molar-refractivity contribution >= 4 is 15.9 Å². The van der Waals surface area contributed by atoms with E-state index in [0.29, 0.717) is 40.8 Å². The number of hydrogen-bond donors (Lipinski definition) is 0. The van der Waals surface area contributed by atoms with E-state index < -0.39 is 6.10 Å². The van der Waals surface area contributed by atoms with Gasteiger partial charge in [-0.3, -0.25) is 0 Å². The van der Waals surface area contributed by atoms with Gasteiger partial charge in [0, 0.05) is 6.20 Å². The second-order valence-corrected chi connectivity index (χ2v) is 7.94. The molecule has 158 valence electrons. The van der Waals surface area contributed by atoms with Gasteiger partial charge < -0.3 is 14.0 Å². The van der Waals surface area contributed by atoms with Crippen LogP contribution in [0.25, 0.3) is 17.2 Å². The number of fused-ring (bicyclic) bond motifs is 1. The van der Waals surface area contributed by atoms with Gasteiger partial charge in [0.15, 0.2) is 11.6 Å². The van der Waals surface area contributed by atoms with E-state index in [4.69, 9.17) is 14.5 Å². The summed E-state index contributed by atoms with van der Waals surface area (Å²) < 4.78 is 29.1. The molecule has 0 saturated heterocycles. The van der Waals surface area contributed by atoms with Gasteiger partial charge in [-0.2, -0.15) is 0 Å². The van der Waals surface area contributed by atoms with Crippen molar-refractivity contribution in [2.45, 2.75) is 19.6 Å². The Morgan fingerprint density at radius 3 is 2.84 bits per heavy atom. The van der Waals surface area contributed by atoms with Gasteiger partial charge in [0.25, 0.3) is 0 Å². The minimum Gasteiger partial charge on any atom is -0.479 e. The Morgan fingerprint density at radius 1 is 1.23 bits per heavy atom. The highest BCUT2D eigenvalue weighted by molar-refractivity contribution is 9.10. The van der Waals surface area contributed by atoms with Gasteiger partial charge in [-0.25, -0.2) is 24.0 Å². The van der Waals surface area contributed by atoms with Gasteiger partial charge in [-0.1, -0.05) is 6.07 Å². The van der Waals surface area contributed by atoms with Gasteiger partial charge in [0.05, 0.1) is 36.8 Å². The Balaban J connectivity index is 1.52. The molecule has 4 heterocycles. The molecule has 0 N–H and O–H groups in total. The molecule has 0 unspecified atom stereocenters. The highest BCUT2D eigenvalue weighted by atomic mass is 79.9. The van der Waals surface area contributed by atoms with Gasteiger partial charge in [-0.05, 0) is 52.7 Å². The molecule has 0 saturated carbocycles. The molecule has 1 atom stereocenters. The van der Waals surface area contributed by atoms with Crippen LogP contribution in [0.2, 0.25) is 0 Å². The molecule has 0 fully saturated rings. The molecule has 0 amide bonds. The van der Waals surface area contributed by atoms with E-state index in [1.54, 1.807) is 25.6 Å². The van der Waals surface area contributed by atoms with Crippen LogP contribution in [-0.2, 0) is 11.3 Å². The summed E-state index contributed by atoms with van der Waals surface area (Å²) in [6.07, 6.45) is 3.17. The van der Waals surface area contributed by atoms with Crippen molar-refractivity contribution in [1.82, 2.24) is 29.3 Å². The number of aryl methyl sites for hydroxylation is 1. The first-order valence-corrected chi connectivity index (χ1v) is 10.4. The van der Waals surface area contributed by atoms with Crippen molar-refractivity contribution in [1.29, 1.82) is 0 Å². The molecular formula is C21H18BrFN6O2. The number of methoxy groups -OCH3 is 1. The highest BCUT2D eigenvalue weighted by Gasteiger charge is 2.28. The molecule has 1 aliphatic heterocycles. The molecule has 8 nitrogen and oxygen atoms in total. The second-order valence-electron chi connectivity index (χ2n) is 7.09. The molecule has 0 spiro atoms. The quantitative estimate of drug-likeness (QED) is 0.437. The number of imidazole rings is 1. The van der Waals surface area contributed by atoms with E-state index in [-0.39, 0.29) is 5.82 Å². The lowest BCUT2D eigenvalue weighted by molar-refractivity contribution is 0.0389. The number of rotatable bonds is 4. The van der Waals surface area contributed by atoms with Crippen LogP contribution in [-0.4, -0.2) is 43.0 Å². The third kappa shape index (κ3) is 3.61. The molecule has 5 rings (SSSR count). The number of halogens is 2. The predicted molar refractivity (Wildman–Crippen MR) is 114 cm³/mol. The summed E-state index contributed by atoms with van der Waals surface area (Å²) in [6.45, 7) is 2.97. The monoisotopic (exact) mass is 484 g/mol. The molecule has 0 aliphatic carbocycles. The summed E-state index contributed by atoms with van der Waals surface area (Å²) in [6, 6.07) is 8.54. The van der Waals surface area contributed by atoms with Crippen LogP contribution in [0.5, 0.6) is 5.88 Å². The summed E-state index contributed by atoms with van der Waals surface area (Å²) in [5.41, 5.74) is 3.05. The lowest BCUT2D eigenvalue weighted by atomic mass is 10.1. The van der Waals surface area contributed by atoms with Crippen molar-refractivity contribution < 1.29 is 13.9 Å². The van der Waals surface area contributed by atoms with E-state index in [1.807, 2.05) is 34.5 Å². The van der Waals surface area contributed by atoms with Crippen LogP contribution in [0.1, 0.15) is 23.2 Å². The minimum absolute atomic E-state index is 0.328. The largest absolute Gasteiger partial charge is 0.479 e. The molecule has 1 aliphatic rings. The predicted octanol–water partition coefficient (Wildman–Crippen LogP) is 3.86. The smallest absolute Gasteiger partial charge is 0.238 e.